The van der Waals surface area contributed by atoms with E-state index in [1.165, 1.54) is 23.1 Å². The van der Waals surface area contributed by atoms with Crippen LogP contribution in [0.25, 0.3) is 0 Å². The van der Waals surface area contributed by atoms with E-state index in [-0.39, 0.29) is 17.8 Å². The smallest absolute Gasteiger partial charge is 0.236 e. The molecule has 1 atom stereocenters. The minimum atomic E-state index is -0.308. The molecule has 0 saturated heterocycles. The van der Waals surface area contributed by atoms with E-state index in [1.807, 2.05) is 42.8 Å². The molecular formula is C19H24N6O3S2. The topological polar surface area (TPSA) is 104 Å². The van der Waals surface area contributed by atoms with E-state index in [0.29, 0.717) is 21.9 Å². The Morgan fingerprint density at radius 1 is 1.20 bits per heavy atom. The summed E-state index contributed by atoms with van der Waals surface area (Å²) in [6, 6.07) is 7.35. The van der Waals surface area contributed by atoms with Crippen molar-refractivity contribution in [1.29, 1.82) is 0 Å². The largest absolute Gasteiger partial charge is 0.497 e. The maximum absolute atomic E-state index is 12.2. The number of methoxy groups -OCH3 is 1. The first-order chi connectivity index (χ1) is 14.5. The van der Waals surface area contributed by atoms with Crippen LogP contribution in [0.15, 0.2) is 29.4 Å². The molecule has 30 heavy (non-hydrogen) atoms. The molecule has 1 unspecified atom stereocenters. The van der Waals surface area contributed by atoms with Gasteiger partial charge in [0.05, 0.1) is 12.9 Å². The Balaban J connectivity index is 1.54. The number of benzene rings is 1. The van der Waals surface area contributed by atoms with E-state index in [9.17, 15) is 4.79 Å². The molecule has 3 rings (SSSR count). The first kappa shape index (κ1) is 22.0. The van der Waals surface area contributed by atoms with Crippen molar-refractivity contribution in [1.82, 2.24) is 25.0 Å². The van der Waals surface area contributed by atoms with Gasteiger partial charge >= 0.3 is 0 Å². The predicted molar refractivity (Wildman–Crippen MR) is 116 cm³/mol. The van der Waals surface area contributed by atoms with E-state index in [1.54, 1.807) is 7.11 Å². The van der Waals surface area contributed by atoms with Gasteiger partial charge in [0.1, 0.15) is 16.5 Å². The van der Waals surface area contributed by atoms with Gasteiger partial charge in [-0.3, -0.25) is 10.1 Å². The van der Waals surface area contributed by atoms with Crippen LogP contribution in [-0.2, 0) is 18.3 Å². The highest BCUT2D eigenvalue weighted by Crippen LogP contribution is 2.25. The van der Waals surface area contributed by atoms with Crippen molar-refractivity contribution < 1.29 is 14.3 Å². The molecule has 0 fully saturated rings. The zero-order chi connectivity index (χ0) is 21.5. The first-order valence-corrected chi connectivity index (χ1v) is 11.2. The van der Waals surface area contributed by atoms with Gasteiger partial charge in [-0.2, -0.15) is 0 Å². The van der Waals surface area contributed by atoms with Crippen molar-refractivity contribution >= 4 is 34.1 Å². The van der Waals surface area contributed by atoms with Crippen LogP contribution >= 0.6 is 23.1 Å². The summed E-state index contributed by atoms with van der Waals surface area (Å²) in [5, 5.41) is 21.3. The number of thioether (sulfide) groups is 1. The highest BCUT2D eigenvalue weighted by molar-refractivity contribution is 7.99. The lowest BCUT2D eigenvalue weighted by atomic mass is 10.3. The summed E-state index contributed by atoms with van der Waals surface area (Å²) in [4.78, 5) is 12.2. The molecule has 3 aromatic rings. The molecule has 1 N–H and O–H groups in total. The number of hydrogen-bond donors (Lipinski definition) is 1. The molecule has 0 bridgehead atoms. The van der Waals surface area contributed by atoms with Gasteiger partial charge in [0, 0.05) is 13.5 Å². The Kier molecular flexibility index (Phi) is 7.63. The average molecular weight is 449 g/mol. The molecule has 1 aromatic carbocycles. The number of carbonyl (C=O) groups excluding carboxylic acids is 1. The first-order valence-electron chi connectivity index (χ1n) is 9.45. The molecule has 0 aliphatic heterocycles. The minimum absolute atomic E-state index is 0.161. The van der Waals surface area contributed by atoms with Crippen LogP contribution in [0, 0.1) is 0 Å². The van der Waals surface area contributed by atoms with Crippen LogP contribution < -0.4 is 14.8 Å². The molecular weight excluding hydrogens is 424 g/mol. The van der Waals surface area contributed by atoms with Crippen LogP contribution in [0.1, 0.15) is 37.2 Å². The molecule has 0 aliphatic carbocycles. The Labute approximate surface area is 183 Å². The van der Waals surface area contributed by atoms with Crippen molar-refractivity contribution in [2.75, 3.05) is 18.2 Å². The maximum atomic E-state index is 12.2. The summed E-state index contributed by atoms with van der Waals surface area (Å²) in [5.41, 5.74) is 0. The number of ether oxygens (including phenoxy) is 2. The Bertz CT molecular complexity index is 973. The molecule has 0 aliphatic rings. The summed E-state index contributed by atoms with van der Waals surface area (Å²) in [6.45, 7) is 3.98. The van der Waals surface area contributed by atoms with Gasteiger partial charge in [0.25, 0.3) is 0 Å². The molecule has 0 saturated carbocycles. The van der Waals surface area contributed by atoms with Gasteiger partial charge in [0.15, 0.2) is 17.1 Å². The number of carbonyl (C=O) groups is 1. The van der Waals surface area contributed by atoms with Gasteiger partial charge in [0.2, 0.25) is 11.0 Å². The minimum Gasteiger partial charge on any atom is -0.497 e. The highest BCUT2D eigenvalue weighted by Gasteiger charge is 2.18. The number of amides is 1. The average Bonchev–Trinajstić information content (AvgIpc) is 3.33. The summed E-state index contributed by atoms with van der Waals surface area (Å²) in [5.74, 6) is 2.18. The van der Waals surface area contributed by atoms with E-state index >= 15 is 0 Å². The number of aromatic nitrogens is 5. The number of anilines is 1. The molecule has 2 heterocycles. The van der Waals surface area contributed by atoms with Crippen LogP contribution in [0.3, 0.4) is 0 Å². The lowest BCUT2D eigenvalue weighted by Gasteiger charge is -2.14. The number of nitrogens with one attached hydrogen (secondary N) is 1. The third-order valence-electron chi connectivity index (χ3n) is 4.11. The summed E-state index contributed by atoms with van der Waals surface area (Å²) >= 11 is 2.70. The van der Waals surface area contributed by atoms with Gasteiger partial charge in [-0.15, -0.1) is 20.4 Å². The van der Waals surface area contributed by atoms with Crippen molar-refractivity contribution in [3.8, 4) is 11.5 Å². The third-order valence-corrected chi connectivity index (χ3v) is 6.03. The van der Waals surface area contributed by atoms with E-state index in [0.717, 1.165) is 23.6 Å². The Morgan fingerprint density at radius 2 is 1.93 bits per heavy atom. The van der Waals surface area contributed by atoms with Crippen molar-refractivity contribution in [2.45, 2.75) is 37.9 Å². The molecule has 2 aromatic heterocycles. The molecule has 1 amide bonds. The van der Waals surface area contributed by atoms with Gasteiger partial charge in [-0.25, -0.2) is 0 Å². The van der Waals surface area contributed by atoms with Crippen LogP contribution in [0.4, 0.5) is 5.13 Å². The third kappa shape index (κ3) is 5.70. The second-order valence-electron chi connectivity index (χ2n) is 6.42. The number of hydrogen-bond acceptors (Lipinski definition) is 9. The fourth-order valence-corrected chi connectivity index (χ4v) is 4.20. The predicted octanol–water partition coefficient (Wildman–Crippen LogP) is 3.50. The zero-order valence-corrected chi connectivity index (χ0v) is 18.9. The Morgan fingerprint density at radius 3 is 2.63 bits per heavy atom. The lowest BCUT2D eigenvalue weighted by molar-refractivity contribution is -0.113. The lowest BCUT2D eigenvalue weighted by Crippen LogP contribution is -2.14. The summed E-state index contributed by atoms with van der Waals surface area (Å²) < 4.78 is 12.9. The summed E-state index contributed by atoms with van der Waals surface area (Å²) in [7, 11) is 3.47. The van der Waals surface area contributed by atoms with Crippen LogP contribution in [0.2, 0.25) is 0 Å². The Hall–Kier alpha value is -2.66. The molecule has 160 valence electrons. The fourth-order valence-electron chi connectivity index (χ4n) is 2.62. The monoisotopic (exact) mass is 448 g/mol. The van der Waals surface area contributed by atoms with Gasteiger partial charge < -0.3 is 14.0 Å². The standard InChI is InChI=1S/C19H24N6O3S2/c1-5-6-16-21-23-18(30-16)20-15(26)11-29-19-24-22-17(25(19)3)12(2)28-14-9-7-13(27-4)8-10-14/h7-10,12H,5-6,11H2,1-4H3,(H,20,23,26). The van der Waals surface area contributed by atoms with Crippen molar-refractivity contribution in [3.63, 3.8) is 0 Å². The quantitative estimate of drug-likeness (QED) is 0.470. The number of aryl methyl sites for hydroxylation is 1. The summed E-state index contributed by atoms with van der Waals surface area (Å²) in [6.07, 6.45) is 1.55. The van der Waals surface area contributed by atoms with E-state index in [2.05, 4.69) is 32.6 Å². The van der Waals surface area contributed by atoms with Gasteiger partial charge in [-0.1, -0.05) is 30.0 Å². The van der Waals surface area contributed by atoms with Crippen LogP contribution in [-0.4, -0.2) is 43.7 Å². The zero-order valence-electron chi connectivity index (χ0n) is 17.3. The second-order valence-corrected chi connectivity index (χ2v) is 8.43. The fraction of sp³-hybridized carbons (Fsp3) is 0.421. The number of rotatable bonds is 10. The van der Waals surface area contributed by atoms with Gasteiger partial charge in [-0.05, 0) is 37.6 Å². The molecule has 9 nitrogen and oxygen atoms in total. The number of nitrogens with zero attached hydrogens (tertiary/aromatic N) is 5. The SMILES string of the molecule is CCCc1nnc(NC(=O)CSc2nnc(C(C)Oc3ccc(OC)cc3)n2C)s1. The second kappa shape index (κ2) is 10.4. The maximum Gasteiger partial charge on any atom is 0.236 e. The van der Waals surface area contributed by atoms with E-state index in [4.69, 9.17) is 9.47 Å². The molecule has 11 heteroatoms. The molecule has 0 radical (unpaired) electrons. The van der Waals surface area contributed by atoms with Crippen molar-refractivity contribution in [3.05, 3.63) is 35.1 Å². The van der Waals surface area contributed by atoms with E-state index < -0.39 is 0 Å². The molecule has 0 spiro atoms. The normalized spacial score (nSPS) is 11.9. The highest BCUT2D eigenvalue weighted by atomic mass is 32.2. The van der Waals surface area contributed by atoms with Crippen molar-refractivity contribution in [2.24, 2.45) is 7.05 Å². The van der Waals surface area contributed by atoms with Crippen LogP contribution in [0.5, 0.6) is 11.5 Å².